The van der Waals surface area contributed by atoms with Crippen LogP contribution in [0.1, 0.15) is 28.4 Å². The van der Waals surface area contributed by atoms with Crippen LogP contribution < -0.4 is 10.2 Å². The summed E-state index contributed by atoms with van der Waals surface area (Å²) in [6.45, 7) is 2.71. The number of para-hydroxylation sites is 1. The summed E-state index contributed by atoms with van der Waals surface area (Å²) in [7, 11) is -3.22. The van der Waals surface area contributed by atoms with Gasteiger partial charge in [-0.2, -0.15) is 4.31 Å². The van der Waals surface area contributed by atoms with Gasteiger partial charge in [-0.1, -0.05) is 47.1 Å². The minimum absolute atomic E-state index is 0.267. The summed E-state index contributed by atoms with van der Waals surface area (Å²) in [5.41, 5.74) is 3.70. The number of carbonyl (C=O) groups excluding carboxylic acids is 1. The van der Waals surface area contributed by atoms with E-state index < -0.39 is 10.0 Å². The van der Waals surface area contributed by atoms with Crippen molar-refractivity contribution in [2.24, 2.45) is 0 Å². The first-order chi connectivity index (χ1) is 16.6. The van der Waals surface area contributed by atoms with Gasteiger partial charge < -0.3 is 5.32 Å². The second kappa shape index (κ2) is 9.25. The van der Waals surface area contributed by atoms with Crippen molar-refractivity contribution < 1.29 is 13.2 Å². The number of amides is 1. The highest BCUT2D eigenvalue weighted by Gasteiger charge is 2.35. The van der Waals surface area contributed by atoms with E-state index in [2.05, 4.69) is 15.3 Å². The Hall–Kier alpha value is -2.37. The fraction of sp³-hybridized carbons (Fsp3) is 0.261. The molecule has 1 atom stereocenters. The maximum Gasteiger partial charge on any atom is 0.263 e. The minimum Gasteiger partial charge on any atom is -0.324 e. The molecular weight excluding hydrogens is 529 g/mol. The molecule has 3 heterocycles. The lowest BCUT2D eigenvalue weighted by Gasteiger charge is -2.34. The summed E-state index contributed by atoms with van der Waals surface area (Å²) in [5, 5.41) is 4.28. The van der Waals surface area contributed by atoms with Gasteiger partial charge in [0.15, 0.2) is 0 Å². The minimum atomic E-state index is -3.22. The Morgan fingerprint density at radius 2 is 1.89 bits per heavy atom. The second-order valence-electron chi connectivity index (χ2n) is 8.33. The summed E-state index contributed by atoms with van der Waals surface area (Å²) < 4.78 is 25.2. The summed E-state index contributed by atoms with van der Waals surface area (Å²) in [6.07, 6.45) is 3.37. The van der Waals surface area contributed by atoms with Crippen LogP contribution in [-0.4, -0.2) is 46.8 Å². The molecule has 1 aromatic heterocycles. The van der Waals surface area contributed by atoms with Crippen molar-refractivity contribution in [1.82, 2.24) is 14.3 Å². The van der Waals surface area contributed by atoms with Crippen LogP contribution in [0.3, 0.4) is 0 Å². The third-order valence-electron chi connectivity index (χ3n) is 5.94. The number of benzene rings is 2. The van der Waals surface area contributed by atoms with E-state index in [0.29, 0.717) is 51.8 Å². The number of nitrogens with zero attached hydrogens (tertiary/aromatic N) is 4. The lowest BCUT2D eigenvalue weighted by molar-refractivity contribution is 0.0979. The number of sulfonamides is 1. The second-order valence-corrected chi connectivity index (χ2v) is 12.4. The molecule has 0 spiro atoms. The molecule has 2 aromatic carbocycles. The summed E-state index contributed by atoms with van der Waals surface area (Å²) in [5.74, 6) is 0.103. The topological polar surface area (TPSA) is 95.5 Å². The molecule has 0 radical (unpaired) electrons. The molecule has 182 valence electrons. The summed E-state index contributed by atoms with van der Waals surface area (Å²) in [6, 6.07) is 10.9. The van der Waals surface area contributed by atoms with E-state index >= 15 is 0 Å². The number of aromatic nitrogens is 2. The van der Waals surface area contributed by atoms with E-state index in [-0.39, 0.29) is 11.3 Å². The van der Waals surface area contributed by atoms with Gasteiger partial charge in [-0.25, -0.2) is 18.4 Å². The molecule has 0 saturated heterocycles. The lowest BCUT2D eigenvalue weighted by Crippen LogP contribution is -2.41. The molecule has 0 fully saturated rings. The Morgan fingerprint density at radius 3 is 2.60 bits per heavy atom. The quantitative estimate of drug-likeness (QED) is 0.460. The van der Waals surface area contributed by atoms with Crippen molar-refractivity contribution in [1.29, 1.82) is 0 Å². The molecule has 0 saturated carbocycles. The van der Waals surface area contributed by atoms with Gasteiger partial charge in [-0.3, -0.25) is 9.69 Å². The van der Waals surface area contributed by atoms with Gasteiger partial charge in [0, 0.05) is 25.0 Å². The molecule has 12 heteroatoms. The van der Waals surface area contributed by atoms with Crippen molar-refractivity contribution in [2.75, 3.05) is 23.0 Å². The highest BCUT2D eigenvalue weighted by Crippen LogP contribution is 2.42. The number of hydrogen-bond acceptors (Lipinski definition) is 7. The maximum absolute atomic E-state index is 13.3. The molecule has 8 nitrogen and oxygen atoms in total. The van der Waals surface area contributed by atoms with Crippen LogP contribution in [0.4, 0.5) is 17.3 Å². The van der Waals surface area contributed by atoms with Gasteiger partial charge in [0.1, 0.15) is 5.03 Å². The average Bonchev–Trinajstić information content (AvgIpc) is 2.79. The Morgan fingerprint density at radius 1 is 1.14 bits per heavy atom. The Bertz CT molecular complexity index is 1430. The van der Waals surface area contributed by atoms with Gasteiger partial charge in [0.05, 0.1) is 32.9 Å². The van der Waals surface area contributed by atoms with Crippen molar-refractivity contribution in [3.05, 3.63) is 69.3 Å². The summed E-state index contributed by atoms with van der Waals surface area (Å²) in [4.78, 5) is 23.8. The maximum atomic E-state index is 13.3. The highest BCUT2D eigenvalue weighted by molar-refractivity contribution is 8.00. The predicted octanol–water partition coefficient (Wildman–Crippen LogP) is 4.94. The number of nitrogens with one attached hydrogen (secondary N) is 1. The SMILES string of the molecule is CC1Sc2nc(Nc3ccc4c(c3)CCN(S(C)(=O)=O)C4)ncc2C(=O)N1c1c(Cl)cccc1Cl. The number of rotatable bonds is 4. The average molecular weight is 550 g/mol. The third-order valence-corrected chi connectivity index (χ3v) is 8.88. The molecule has 2 aliphatic rings. The monoisotopic (exact) mass is 549 g/mol. The summed E-state index contributed by atoms with van der Waals surface area (Å²) >= 11 is 14.1. The van der Waals surface area contributed by atoms with Crippen molar-refractivity contribution in [3.8, 4) is 0 Å². The number of fused-ring (bicyclic) bond motifs is 2. The molecule has 5 rings (SSSR count). The fourth-order valence-electron chi connectivity index (χ4n) is 4.19. The smallest absolute Gasteiger partial charge is 0.263 e. The van der Waals surface area contributed by atoms with Crippen LogP contribution in [0, 0.1) is 0 Å². The van der Waals surface area contributed by atoms with Gasteiger partial charge in [-0.05, 0) is 48.7 Å². The standard InChI is InChI=1S/C23H21Cl2N5O3S2/c1-13-30(20-18(24)4-3-5-19(20)25)22(31)17-11-26-23(28-21(17)34-13)27-16-7-6-15-12-29(35(2,32)33)9-8-14(15)10-16/h3-7,10-11,13H,8-9,12H2,1-2H3,(H,26,27,28). The van der Waals surface area contributed by atoms with Gasteiger partial charge in [-0.15, -0.1) is 0 Å². The van der Waals surface area contributed by atoms with Crippen molar-refractivity contribution in [3.63, 3.8) is 0 Å². The third kappa shape index (κ3) is 4.73. The zero-order valence-corrected chi connectivity index (χ0v) is 22.0. The van der Waals surface area contributed by atoms with E-state index in [1.807, 2.05) is 25.1 Å². The van der Waals surface area contributed by atoms with Gasteiger partial charge in [0.2, 0.25) is 16.0 Å². The molecule has 0 bridgehead atoms. The largest absolute Gasteiger partial charge is 0.324 e. The molecule has 1 amide bonds. The van der Waals surface area contributed by atoms with Crippen molar-refractivity contribution in [2.45, 2.75) is 30.3 Å². The first-order valence-corrected chi connectivity index (χ1v) is 14.3. The predicted molar refractivity (Wildman–Crippen MR) is 139 cm³/mol. The van der Waals surface area contributed by atoms with Crippen LogP contribution in [-0.2, 0) is 23.0 Å². The molecule has 1 N–H and O–H groups in total. The zero-order chi connectivity index (χ0) is 24.9. The van der Waals surface area contributed by atoms with Gasteiger partial charge in [0.25, 0.3) is 5.91 Å². The molecule has 3 aromatic rings. The van der Waals surface area contributed by atoms with E-state index in [4.69, 9.17) is 23.2 Å². The number of thioether (sulfide) groups is 1. The lowest BCUT2D eigenvalue weighted by atomic mass is 10.0. The molecular formula is C23H21Cl2N5O3S2. The fourth-order valence-corrected chi connectivity index (χ4v) is 6.60. The van der Waals surface area contributed by atoms with E-state index in [9.17, 15) is 13.2 Å². The number of halogens is 2. The van der Waals surface area contributed by atoms with Crippen molar-refractivity contribution >= 4 is 68.2 Å². The molecule has 35 heavy (non-hydrogen) atoms. The highest BCUT2D eigenvalue weighted by atomic mass is 35.5. The first-order valence-electron chi connectivity index (χ1n) is 10.8. The van der Waals surface area contributed by atoms with E-state index in [1.54, 1.807) is 23.1 Å². The number of hydrogen-bond donors (Lipinski definition) is 1. The number of anilines is 3. The Labute approximate surface area is 217 Å². The molecule has 0 aliphatic carbocycles. The van der Waals surface area contributed by atoms with Crippen LogP contribution in [0.25, 0.3) is 0 Å². The van der Waals surface area contributed by atoms with Crippen LogP contribution in [0.15, 0.2) is 47.6 Å². The number of carbonyl (C=O) groups is 1. The van der Waals surface area contributed by atoms with E-state index in [0.717, 1.165) is 16.8 Å². The zero-order valence-electron chi connectivity index (χ0n) is 18.8. The first kappa shape index (κ1) is 24.3. The van der Waals surface area contributed by atoms with Crippen LogP contribution >= 0.6 is 35.0 Å². The van der Waals surface area contributed by atoms with Crippen LogP contribution in [0.5, 0.6) is 0 Å². The molecule has 2 aliphatic heterocycles. The van der Waals surface area contributed by atoms with Crippen LogP contribution in [0.2, 0.25) is 10.0 Å². The molecule has 1 unspecified atom stereocenters. The Kier molecular flexibility index (Phi) is 6.43. The Balaban J connectivity index is 1.38. The van der Waals surface area contributed by atoms with E-state index in [1.165, 1.54) is 28.5 Å². The van der Waals surface area contributed by atoms with Gasteiger partial charge >= 0.3 is 0 Å². The normalized spacial score (nSPS) is 18.2.